The van der Waals surface area contributed by atoms with Gasteiger partial charge in [-0.3, -0.25) is 14.5 Å². The molecule has 158 valence electrons. The molecule has 2 heterocycles. The molecule has 1 amide bonds. The Labute approximate surface area is 164 Å². The van der Waals surface area contributed by atoms with Crippen molar-refractivity contribution in [2.75, 3.05) is 5.32 Å². The molecule has 0 atom stereocenters. The van der Waals surface area contributed by atoms with Crippen molar-refractivity contribution < 1.29 is 26.7 Å². The molecule has 10 heteroatoms. The standard InChI is InChI=1S/C19H21F5N4O/c1-11-9-14(5-8-25-11)26-17(29)16-15(19(22,23)24)12(2)27-28(16)10-13-3-6-18(20,21)7-4-13/h5,8-9,13H,3-4,6-7,10H2,1-2H3,(H,25,26,29). The number of rotatable bonds is 4. The number of carbonyl (C=O) groups is 1. The van der Waals surface area contributed by atoms with Crippen molar-refractivity contribution in [3.8, 4) is 0 Å². The van der Waals surface area contributed by atoms with E-state index in [4.69, 9.17) is 0 Å². The van der Waals surface area contributed by atoms with E-state index in [1.165, 1.54) is 25.3 Å². The summed E-state index contributed by atoms with van der Waals surface area (Å²) in [6.07, 6.45) is -3.65. The number of alkyl halides is 5. The SMILES string of the molecule is Cc1cc(NC(=O)c2c(C(F)(F)F)c(C)nn2CC2CCC(F)(F)CC2)ccn1. The smallest absolute Gasteiger partial charge is 0.321 e. The van der Waals surface area contributed by atoms with E-state index in [0.717, 1.165) is 4.68 Å². The number of nitrogens with one attached hydrogen (secondary N) is 1. The summed E-state index contributed by atoms with van der Waals surface area (Å²) in [6.45, 7) is 2.84. The topological polar surface area (TPSA) is 59.8 Å². The second kappa shape index (κ2) is 7.72. The Balaban J connectivity index is 1.91. The van der Waals surface area contributed by atoms with E-state index in [9.17, 15) is 26.7 Å². The largest absolute Gasteiger partial charge is 0.420 e. The summed E-state index contributed by atoms with van der Waals surface area (Å²) in [5.74, 6) is -3.97. The van der Waals surface area contributed by atoms with Crippen LogP contribution in [0.5, 0.6) is 0 Å². The molecular formula is C19H21F5N4O. The molecule has 1 N–H and O–H groups in total. The summed E-state index contributed by atoms with van der Waals surface area (Å²) in [5.41, 5.74) is -1.15. The highest BCUT2D eigenvalue weighted by Gasteiger charge is 2.42. The van der Waals surface area contributed by atoms with Crippen LogP contribution in [0.1, 0.15) is 53.1 Å². The minimum Gasteiger partial charge on any atom is -0.321 e. The lowest BCUT2D eigenvalue weighted by Gasteiger charge is -2.28. The van der Waals surface area contributed by atoms with E-state index in [2.05, 4.69) is 15.4 Å². The number of nitrogens with zero attached hydrogens (tertiary/aromatic N) is 3. The van der Waals surface area contributed by atoms with Crippen molar-refractivity contribution in [2.45, 2.75) is 58.2 Å². The summed E-state index contributed by atoms with van der Waals surface area (Å²) in [5, 5.41) is 6.38. The summed E-state index contributed by atoms with van der Waals surface area (Å²) >= 11 is 0. The number of aryl methyl sites for hydroxylation is 2. The van der Waals surface area contributed by atoms with Crippen LogP contribution in [0.2, 0.25) is 0 Å². The molecule has 0 spiro atoms. The first-order chi connectivity index (χ1) is 13.5. The van der Waals surface area contributed by atoms with Crippen LogP contribution in [0.3, 0.4) is 0 Å². The fourth-order valence-electron chi connectivity index (χ4n) is 3.62. The number of hydrogen-bond acceptors (Lipinski definition) is 3. The molecule has 0 unspecified atom stereocenters. The maximum absolute atomic E-state index is 13.6. The van der Waals surface area contributed by atoms with Crippen LogP contribution in [0.15, 0.2) is 18.3 Å². The van der Waals surface area contributed by atoms with Crippen LogP contribution >= 0.6 is 0 Å². The van der Waals surface area contributed by atoms with Gasteiger partial charge in [0.05, 0.1) is 5.69 Å². The molecule has 0 aromatic carbocycles. The van der Waals surface area contributed by atoms with Crippen molar-refractivity contribution in [2.24, 2.45) is 5.92 Å². The monoisotopic (exact) mass is 416 g/mol. The van der Waals surface area contributed by atoms with Gasteiger partial charge in [0.2, 0.25) is 5.92 Å². The molecule has 1 aliphatic rings. The Morgan fingerprint density at radius 2 is 1.93 bits per heavy atom. The second-order valence-corrected chi connectivity index (χ2v) is 7.43. The van der Waals surface area contributed by atoms with Gasteiger partial charge in [-0.1, -0.05) is 0 Å². The van der Waals surface area contributed by atoms with Crippen LogP contribution in [-0.4, -0.2) is 26.6 Å². The normalized spacial score (nSPS) is 17.3. The Morgan fingerprint density at radius 1 is 1.28 bits per heavy atom. The van der Waals surface area contributed by atoms with Crippen LogP contribution < -0.4 is 5.32 Å². The quantitative estimate of drug-likeness (QED) is 0.715. The molecule has 29 heavy (non-hydrogen) atoms. The van der Waals surface area contributed by atoms with Crippen molar-refractivity contribution in [1.29, 1.82) is 0 Å². The Bertz CT molecular complexity index is 896. The van der Waals surface area contributed by atoms with E-state index in [1.54, 1.807) is 6.92 Å². The first-order valence-electron chi connectivity index (χ1n) is 9.23. The van der Waals surface area contributed by atoms with Crippen molar-refractivity contribution in [1.82, 2.24) is 14.8 Å². The minimum absolute atomic E-state index is 0.0227. The van der Waals surface area contributed by atoms with Gasteiger partial charge in [0.15, 0.2) is 0 Å². The molecule has 2 aromatic heterocycles. The van der Waals surface area contributed by atoms with Gasteiger partial charge >= 0.3 is 6.18 Å². The van der Waals surface area contributed by atoms with Gasteiger partial charge in [-0.15, -0.1) is 0 Å². The third-order valence-electron chi connectivity index (χ3n) is 5.05. The number of anilines is 1. The molecule has 2 aromatic rings. The molecule has 1 saturated carbocycles. The Morgan fingerprint density at radius 3 is 2.52 bits per heavy atom. The predicted octanol–water partition coefficient (Wildman–Crippen LogP) is 4.99. The number of hydrogen-bond donors (Lipinski definition) is 1. The van der Waals surface area contributed by atoms with Gasteiger partial charge in [0.1, 0.15) is 11.3 Å². The number of amides is 1. The zero-order valence-electron chi connectivity index (χ0n) is 16.0. The van der Waals surface area contributed by atoms with Gasteiger partial charge in [-0.2, -0.15) is 18.3 Å². The fourth-order valence-corrected chi connectivity index (χ4v) is 3.62. The van der Waals surface area contributed by atoms with Crippen molar-refractivity contribution in [3.63, 3.8) is 0 Å². The Kier molecular flexibility index (Phi) is 5.64. The van der Waals surface area contributed by atoms with Crippen LogP contribution in [0.25, 0.3) is 0 Å². The van der Waals surface area contributed by atoms with E-state index in [1.807, 2.05) is 0 Å². The van der Waals surface area contributed by atoms with E-state index in [0.29, 0.717) is 11.4 Å². The average molecular weight is 416 g/mol. The van der Waals surface area contributed by atoms with Crippen molar-refractivity contribution >= 4 is 11.6 Å². The maximum atomic E-state index is 13.6. The maximum Gasteiger partial charge on any atom is 0.420 e. The van der Waals surface area contributed by atoms with Gasteiger partial charge in [-0.05, 0) is 44.7 Å². The predicted molar refractivity (Wildman–Crippen MR) is 95.8 cm³/mol. The third kappa shape index (κ3) is 4.91. The molecule has 0 radical (unpaired) electrons. The molecule has 0 bridgehead atoms. The lowest BCUT2D eigenvalue weighted by molar-refractivity contribution is -0.138. The summed E-state index contributed by atoms with van der Waals surface area (Å²) < 4.78 is 68.6. The summed E-state index contributed by atoms with van der Waals surface area (Å²) in [7, 11) is 0. The van der Waals surface area contributed by atoms with E-state index in [-0.39, 0.29) is 43.8 Å². The summed E-state index contributed by atoms with van der Waals surface area (Å²) in [6, 6.07) is 3.00. The van der Waals surface area contributed by atoms with Crippen LogP contribution in [0.4, 0.5) is 27.6 Å². The Hall–Kier alpha value is -2.52. The van der Waals surface area contributed by atoms with Crippen molar-refractivity contribution in [3.05, 3.63) is 41.0 Å². The highest BCUT2D eigenvalue weighted by molar-refractivity contribution is 6.04. The molecule has 0 saturated heterocycles. The number of halogens is 5. The molecule has 1 aliphatic carbocycles. The lowest BCUT2D eigenvalue weighted by Crippen LogP contribution is -2.29. The zero-order valence-corrected chi connectivity index (χ0v) is 16.0. The zero-order chi connectivity index (χ0) is 21.4. The van der Waals surface area contributed by atoms with Crippen LogP contribution in [0, 0.1) is 19.8 Å². The molecule has 5 nitrogen and oxygen atoms in total. The van der Waals surface area contributed by atoms with E-state index >= 15 is 0 Å². The average Bonchev–Trinajstić information content (AvgIpc) is 2.93. The molecular weight excluding hydrogens is 395 g/mol. The third-order valence-corrected chi connectivity index (χ3v) is 5.05. The second-order valence-electron chi connectivity index (χ2n) is 7.43. The highest BCUT2D eigenvalue weighted by atomic mass is 19.4. The van der Waals surface area contributed by atoms with Gasteiger partial charge < -0.3 is 5.32 Å². The number of pyridine rings is 1. The van der Waals surface area contributed by atoms with Crippen LogP contribution in [-0.2, 0) is 12.7 Å². The first kappa shape index (κ1) is 21.2. The molecule has 0 aliphatic heterocycles. The number of aromatic nitrogens is 3. The highest BCUT2D eigenvalue weighted by Crippen LogP contribution is 2.38. The fraction of sp³-hybridized carbons (Fsp3) is 0.526. The minimum atomic E-state index is -4.78. The van der Waals surface area contributed by atoms with Gasteiger partial charge in [-0.25, -0.2) is 8.78 Å². The number of carbonyl (C=O) groups excluding carboxylic acids is 1. The lowest BCUT2D eigenvalue weighted by atomic mass is 9.87. The summed E-state index contributed by atoms with van der Waals surface area (Å²) in [4.78, 5) is 16.7. The molecule has 3 rings (SSSR count). The van der Waals surface area contributed by atoms with Gasteiger partial charge in [0.25, 0.3) is 5.91 Å². The first-order valence-corrected chi connectivity index (χ1v) is 9.23. The van der Waals surface area contributed by atoms with Gasteiger partial charge in [0, 0.05) is 37.0 Å². The van der Waals surface area contributed by atoms with E-state index < -0.39 is 29.3 Å². The molecule has 1 fully saturated rings.